The minimum absolute atomic E-state index is 0.0139. The van der Waals surface area contributed by atoms with Crippen LogP contribution in [0.15, 0.2) is 30.3 Å². The fourth-order valence-electron chi connectivity index (χ4n) is 3.86. The average molecular weight is 330 g/mol. The normalized spacial score (nSPS) is 25.2. The summed E-state index contributed by atoms with van der Waals surface area (Å²) < 4.78 is 0. The number of hydrogen-bond acceptors (Lipinski definition) is 2. The van der Waals surface area contributed by atoms with Gasteiger partial charge in [-0.1, -0.05) is 57.5 Å². The first-order chi connectivity index (χ1) is 11.4. The Hall–Kier alpha value is -1.84. The van der Waals surface area contributed by atoms with Gasteiger partial charge < -0.3 is 11.1 Å². The van der Waals surface area contributed by atoms with Gasteiger partial charge in [-0.3, -0.25) is 9.59 Å². The molecule has 4 atom stereocenters. The zero-order valence-electron chi connectivity index (χ0n) is 15.0. The Morgan fingerprint density at radius 2 is 1.88 bits per heavy atom. The zero-order chi connectivity index (χ0) is 17.7. The van der Waals surface area contributed by atoms with E-state index >= 15 is 0 Å². The summed E-state index contributed by atoms with van der Waals surface area (Å²) in [7, 11) is 0. The van der Waals surface area contributed by atoms with Gasteiger partial charge in [0, 0.05) is 12.3 Å². The molecule has 0 spiro atoms. The van der Waals surface area contributed by atoms with Gasteiger partial charge in [-0.15, -0.1) is 0 Å². The maximum absolute atomic E-state index is 12.8. The molecule has 1 aromatic rings. The van der Waals surface area contributed by atoms with Crippen LogP contribution in [0.1, 0.15) is 45.6 Å². The molecule has 132 valence electrons. The lowest BCUT2D eigenvalue weighted by molar-refractivity contribution is -0.133. The van der Waals surface area contributed by atoms with Crippen molar-refractivity contribution in [2.45, 2.75) is 52.5 Å². The van der Waals surface area contributed by atoms with Gasteiger partial charge in [-0.2, -0.15) is 0 Å². The van der Waals surface area contributed by atoms with E-state index in [-0.39, 0.29) is 11.8 Å². The molecule has 2 amide bonds. The van der Waals surface area contributed by atoms with Crippen LogP contribution >= 0.6 is 0 Å². The first kappa shape index (κ1) is 18.5. The molecule has 0 heterocycles. The molecule has 4 heteroatoms. The summed E-state index contributed by atoms with van der Waals surface area (Å²) in [4.78, 5) is 24.7. The summed E-state index contributed by atoms with van der Waals surface area (Å²) in [5, 5.41) is 2.93. The molecule has 2 rings (SSSR count). The zero-order valence-corrected chi connectivity index (χ0v) is 15.0. The van der Waals surface area contributed by atoms with Gasteiger partial charge in [0.1, 0.15) is 6.04 Å². The molecule has 1 aromatic carbocycles. The van der Waals surface area contributed by atoms with E-state index in [4.69, 9.17) is 5.73 Å². The second-order valence-electron chi connectivity index (χ2n) is 7.59. The molecule has 1 aliphatic carbocycles. The monoisotopic (exact) mass is 330 g/mol. The lowest BCUT2D eigenvalue weighted by atomic mass is 9.69. The molecular weight excluding hydrogens is 300 g/mol. The van der Waals surface area contributed by atoms with Crippen LogP contribution in [0.25, 0.3) is 0 Å². The molecule has 24 heavy (non-hydrogen) atoms. The highest BCUT2D eigenvalue weighted by molar-refractivity contribution is 5.88. The summed E-state index contributed by atoms with van der Waals surface area (Å²) >= 11 is 0. The van der Waals surface area contributed by atoms with Gasteiger partial charge in [0.05, 0.1) is 0 Å². The minimum Gasteiger partial charge on any atom is -0.368 e. The van der Waals surface area contributed by atoms with Crippen LogP contribution in [0.3, 0.4) is 0 Å². The van der Waals surface area contributed by atoms with Crippen LogP contribution in [0.4, 0.5) is 0 Å². The van der Waals surface area contributed by atoms with Crippen LogP contribution in [0.5, 0.6) is 0 Å². The fraction of sp³-hybridized carbons (Fsp3) is 0.600. The number of carbonyl (C=O) groups is 2. The molecule has 0 aromatic heterocycles. The second-order valence-corrected chi connectivity index (χ2v) is 7.59. The maximum atomic E-state index is 12.8. The third-order valence-corrected chi connectivity index (χ3v) is 5.30. The van der Waals surface area contributed by atoms with Crippen LogP contribution in [0, 0.1) is 23.7 Å². The predicted octanol–water partition coefficient (Wildman–Crippen LogP) is 2.91. The molecule has 3 N–H and O–H groups in total. The quantitative estimate of drug-likeness (QED) is 0.842. The SMILES string of the molecule is CC(C)[C@@H]1CC[C@@H](C)C[C@H]1C(=O)N[C@@H](Cc1ccccc1)C(N)=O. The molecule has 0 bridgehead atoms. The van der Waals surface area contributed by atoms with Gasteiger partial charge >= 0.3 is 0 Å². The number of primary amides is 1. The Morgan fingerprint density at radius 3 is 2.46 bits per heavy atom. The van der Waals surface area contributed by atoms with Crippen molar-refractivity contribution in [3.05, 3.63) is 35.9 Å². The number of carbonyl (C=O) groups excluding carboxylic acids is 2. The highest BCUT2D eigenvalue weighted by atomic mass is 16.2. The largest absolute Gasteiger partial charge is 0.368 e. The van der Waals surface area contributed by atoms with Crippen LogP contribution < -0.4 is 11.1 Å². The highest BCUT2D eigenvalue weighted by Crippen LogP contribution is 2.38. The Morgan fingerprint density at radius 1 is 1.21 bits per heavy atom. The molecule has 0 aliphatic heterocycles. The van der Waals surface area contributed by atoms with Gasteiger partial charge in [0.15, 0.2) is 0 Å². The number of hydrogen-bond donors (Lipinski definition) is 2. The summed E-state index contributed by atoms with van der Waals surface area (Å²) in [6.07, 6.45) is 3.59. The Kier molecular flexibility index (Phi) is 6.41. The predicted molar refractivity (Wildman–Crippen MR) is 96.1 cm³/mol. The first-order valence-electron chi connectivity index (χ1n) is 9.02. The van der Waals surface area contributed by atoms with Crippen molar-refractivity contribution in [2.24, 2.45) is 29.4 Å². The molecule has 0 saturated heterocycles. The summed E-state index contributed by atoms with van der Waals surface area (Å²) in [5.74, 6) is 0.890. The highest BCUT2D eigenvalue weighted by Gasteiger charge is 2.36. The third kappa shape index (κ3) is 4.83. The molecular formula is C20H30N2O2. The Bertz CT molecular complexity index is 556. The van der Waals surface area contributed by atoms with Crippen molar-refractivity contribution in [1.82, 2.24) is 5.32 Å². The van der Waals surface area contributed by atoms with E-state index in [0.717, 1.165) is 18.4 Å². The van der Waals surface area contributed by atoms with Crippen molar-refractivity contribution in [3.8, 4) is 0 Å². The number of amides is 2. The van der Waals surface area contributed by atoms with Gasteiger partial charge in [0.25, 0.3) is 0 Å². The van der Waals surface area contributed by atoms with Crippen molar-refractivity contribution in [3.63, 3.8) is 0 Å². The molecule has 0 radical (unpaired) electrons. The van der Waals surface area contributed by atoms with Crippen LogP contribution in [0.2, 0.25) is 0 Å². The van der Waals surface area contributed by atoms with E-state index in [9.17, 15) is 9.59 Å². The summed E-state index contributed by atoms with van der Waals surface area (Å²) in [6, 6.07) is 9.02. The average Bonchev–Trinajstić information content (AvgIpc) is 2.54. The standard InChI is InChI=1S/C20H30N2O2/c1-13(2)16-10-9-14(3)11-17(16)20(24)22-18(19(21)23)12-15-7-5-4-6-8-15/h4-8,13-14,16-18H,9-12H2,1-3H3,(H2,21,23)(H,22,24)/t14-,16+,17-,18+/m1/s1. The number of nitrogens with two attached hydrogens (primary N) is 1. The molecule has 1 fully saturated rings. The van der Waals surface area contributed by atoms with Gasteiger partial charge in [-0.25, -0.2) is 0 Å². The third-order valence-electron chi connectivity index (χ3n) is 5.30. The number of nitrogens with one attached hydrogen (secondary N) is 1. The van der Waals surface area contributed by atoms with E-state index < -0.39 is 11.9 Å². The smallest absolute Gasteiger partial charge is 0.240 e. The van der Waals surface area contributed by atoms with Crippen molar-refractivity contribution in [1.29, 1.82) is 0 Å². The lowest BCUT2D eigenvalue weighted by Gasteiger charge is -2.37. The van der Waals surface area contributed by atoms with E-state index in [1.807, 2.05) is 30.3 Å². The minimum atomic E-state index is -0.648. The Balaban J connectivity index is 2.07. The molecule has 4 nitrogen and oxygen atoms in total. The van der Waals surface area contributed by atoms with Crippen LogP contribution in [-0.4, -0.2) is 17.9 Å². The second kappa shape index (κ2) is 8.32. The van der Waals surface area contributed by atoms with Gasteiger partial charge in [-0.05, 0) is 36.2 Å². The summed E-state index contributed by atoms with van der Waals surface area (Å²) in [5.41, 5.74) is 6.53. The van der Waals surface area contributed by atoms with Crippen molar-refractivity contribution in [2.75, 3.05) is 0 Å². The van der Waals surface area contributed by atoms with E-state index in [0.29, 0.717) is 24.2 Å². The van der Waals surface area contributed by atoms with E-state index in [2.05, 4.69) is 26.1 Å². The fourth-order valence-corrected chi connectivity index (χ4v) is 3.86. The van der Waals surface area contributed by atoms with Crippen LogP contribution in [-0.2, 0) is 16.0 Å². The molecule has 1 saturated carbocycles. The van der Waals surface area contributed by atoms with Crippen molar-refractivity contribution >= 4 is 11.8 Å². The number of rotatable bonds is 6. The maximum Gasteiger partial charge on any atom is 0.240 e. The lowest BCUT2D eigenvalue weighted by Crippen LogP contribution is -2.50. The topological polar surface area (TPSA) is 72.2 Å². The summed E-state index contributed by atoms with van der Waals surface area (Å²) in [6.45, 7) is 6.55. The van der Waals surface area contributed by atoms with Crippen molar-refractivity contribution < 1.29 is 9.59 Å². The van der Waals surface area contributed by atoms with E-state index in [1.54, 1.807) is 0 Å². The molecule has 1 aliphatic rings. The Labute approximate surface area is 145 Å². The van der Waals surface area contributed by atoms with Gasteiger partial charge in [0.2, 0.25) is 11.8 Å². The van der Waals surface area contributed by atoms with E-state index in [1.165, 1.54) is 6.42 Å². The molecule has 0 unspecified atom stereocenters. The first-order valence-corrected chi connectivity index (χ1v) is 9.02. The number of benzene rings is 1.